The summed E-state index contributed by atoms with van der Waals surface area (Å²) in [7, 11) is 1.60. The van der Waals surface area contributed by atoms with Crippen LogP contribution in [0.1, 0.15) is 12.5 Å². The number of benzene rings is 2. The van der Waals surface area contributed by atoms with Gasteiger partial charge in [-0.15, -0.1) is 11.8 Å². The van der Waals surface area contributed by atoms with E-state index in [1.54, 1.807) is 43.5 Å². The Hall–Kier alpha value is -2.01. The Balaban J connectivity index is 1.84. The average molecular weight is 319 g/mol. The second-order valence-corrected chi connectivity index (χ2v) is 6.13. The first kappa shape index (κ1) is 16.4. The minimum atomic E-state index is -0.251. The molecule has 116 valence electrons. The fourth-order valence-electron chi connectivity index (χ4n) is 1.80. The molecular weight excluding hydrogens is 301 g/mol. The van der Waals surface area contributed by atoms with E-state index < -0.39 is 0 Å². The summed E-state index contributed by atoms with van der Waals surface area (Å²) >= 11 is 1.51. The molecule has 22 heavy (non-hydrogen) atoms. The summed E-state index contributed by atoms with van der Waals surface area (Å²) in [5.41, 5.74) is 1.73. The van der Waals surface area contributed by atoms with Crippen LogP contribution in [0.3, 0.4) is 0 Å². The number of hydrogen-bond acceptors (Lipinski definition) is 3. The number of anilines is 1. The van der Waals surface area contributed by atoms with Gasteiger partial charge in [0.1, 0.15) is 11.6 Å². The van der Waals surface area contributed by atoms with E-state index in [9.17, 15) is 9.18 Å². The molecule has 0 radical (unpaired) electrons. The Kier molecular flexibility index (Phi) is 5.83. The van der Waals surface area contributed by atoms with Crippen molar-refractivity contribution in [2.45, 2.75) is 17.9 Å². The fourth-order valence-corrected chi connectivity index (χ4v) is 2.64. The van der Waals surface area contributed by atoms with E-state index >= 15 is 0 Å². The number of rotatable bonds is 6. The van der Waals surface area contributed by atoms with Crippen LogP contribution in [0.5, 0.6) is 5.75 Å². The Morgan fingerprint density at radius 1 is 1.18 bits per heavy atom. The maximum atomic E-state index is 12.8. The van der Waals surface area contributed by atoms with Crippen molar-refractivity contribution >= 4 is 23.4 Å². The van der Waals surface area contributed by atoms with Gasteiger partial charge in [-0.05, 0) is 48.9 Å². The van der Waals surface area contributed by atoms with Gasteiger partial charge in [0.05, 0.1) is 12.4 Å². The van der Waals surface area contributed by atoms with Crippen LogP contribution >= 0.6 is 11.8 Å². The van der Waals surface area contributed by atoms with Gasteiger partial charge in [-0.1, -0.05) is 12.1 Å². The number of carbonyl (C=O) groups excluding carboxylic acids is 1. The summed E-state index contributed by atoms with van der Waals surface area (Å²) in [4.78, 5) is 12.1. The monoisotopic (exact) mass is 319 g/mol. The number of halogens is 1. The molecule has 1 N–H and O–H groups in total. The van der Waals surface area contributed by atoms with E-state index in [-0.39, 0.29) is 17.0 Å². The fraction of sp³-hybridized carbons (Fsp3) is 0.235. The van der Waals surface area contributed by atoms with E-state index in [4.69, 9.17) is 4.74 Å². The molecule has 0 saturated carbocycles. The molecule has 0 aromatic heterocycles. The highest BCUT2D eigenvalue weighted by Crippen LogP contribution is 2.20. The lowest BCUT2D eigenvalue weighted by Gasteiger charge is -2.12. The van der Waals surface area contributed by atoms with Gasteiger partial charge in [-0.25, -0.2) is 4.39 Å². The molecule has 0 fully saturated rings. The lowest BCUT2D eigenvalue weighted by atomic mass is 10.2. The Labute approximate surface area is 133 Å². The Morgan fingerprint density at radius 3 is 2.41 bits per heavy atom. The minimum Gasteiger partial charge on any atom is -0.497 e. The number of nitrogens with one attached hydrogen (secondary N) is 1. The number of methoxy groups -OCH3 is 1. The van der Waals surface area contributed by atoms with E-state index in [0.29, 0.717) is 5.75 Å². The van der Waals surface area contributed by atoms with Gasteiger partial charge in [-0.3, -0.25) is 4.79 Å². The first-order chi connectivity index (χ1) is 10.6. The van der Waals surface area contributed by atoms with Crippen molar-refractivity contribution in [1.82, 2.24) is 0 Å². The van der Waals surface area contributed by atoms with Gasteiger partial charge in [0.15, 0.2) is 0 Å². The minimum absolute atomic E-state index is 0.0581. The van der Waals surface area contributed by atoms with Gasteiger partial charge in [0.25, 0.3) is 0 Å². The predicted molar refractivity (Wildman–Crippen MR) is 88.8 cm³/mol. The van der Waals surface area contributed by atoms with Crippen LogP contribution < -0.4 is 10.1 Å². The Bertz CT molecular complexity index is 614. The molecule has 0 bridgehead atoms. The number of ether oxygens (including phenoxy) is 1. The van der Waals surface area contributed by atoms with Crippen molar-refractivity contribution in [2.24, 2.45) is 0 Å². The summed E-state index contributed by atoms with van der Waals surface area (Å²) < 4.78 is 17.9. The van der Waals surface area contributed by atoms with Crippen molar-refractivity contribution < 1.29 is 13.9 Å². The Morgan fingerprint density at radius 2 is 1.82 bits per heavy atom. The number of hydrogen-bond donors (Lipinski definition) is 1. The molecule has 1 amide bonds. The molecule has 0 aliphatic rings. The van der Waals surface area contributed by atoms with Crippen molar-refractivity contribution in [3.63, 3.8) is 0 Å². The zero-order chi connectivity index (χ0) is 15.9. The quantitative estimate of drug-likeness (QED) is 0.871. The molecular formula is C17H18FNO2S. The van der Waals surface area contributed by atoms with Gasteiger partial charge in [0, 0.05) is 11.4 Å². The largest absolute Gasteiger partial charge is 0.497 e. The van der Waals surface area contributed by atoms with Gasteiger partial charge >= 0.3 is 0 Å². The molecule has 2 aromatic rings. The summed E-state index contributed by atoms with van der Waals surface area (Å²) in [6.07, 6.45) is 0. The lowest BCUT2D eigenvalue weighted by Crippen LogP contribution is -2.22. The average Bonchev–Trinajstić information content (AvgIpc) is 2.54. The maximum absolute atomic E-state index is 12.8. The van der Waals surface area contributed by atoms with E-state index in [1.807, 2.05) is 6.92 Å². The van der Waals surface area contributed by atoms with Crippen molar-refractivity contribution in [3.05, 3.63) is 59.9 Å². The topological polar surface area (TPSA) is 38.3 Å². The highest BCUT2D eigenvalue weighted by molar-refractivity contribution is 7.99. The molecule has 0 spiro atoms. The third kappa shape index (κ3) is 4.77. The van der Waals surface area contributed by atoms with Crippen molar-refractivity contribution in [1.29, 1.82) is 0 Å². The van der Waals surface area contributed by atoms with Crippen molar-refractivity contribution in [2.75, 3.05) is 12.4 Å². The molecule has 5 heteroatoms. The molecule has 3 nitrogen and oxygen atoms in total. The standard InChI is InChI=1S/C17H18FNO2S/c1-12(22-11-13-3-5-14(18)6-4-13)17(20)19-15-7-9-16(21-2)10-8-15/h3-10,12H,11H2,1-2H3,(H,19,20). The first-order valence-corrected chi connectivity index (χ1v) is 7.94. The summed E-state index contributed by atoms with van der Waals surface area (Å²) in [6, 6.07) is 13.5. The second kappa shape index (κ2) is 7.84. The van der Waals surface area contributed by atoms with Crippen LogP contribution in [0.4, 0.5) is 10.1 Å². The van der Waals surface area contributed by atoms with Crippen LogP contribution in [-0.2, 0) is 10.5 Å². The number of thioether (sulfide) groups is 1. The first-order valence-electron chi connectivity index (χ1n) is 6.89. The molecule has 0 aliphatic heterocycles. The van der Waals surface area contributed by atoms with E-state index in [1.165, 1.54) is 23.9 Å². The van der Waals surface area contributed by atoms with Gasteiger partial charge in [-0.2, -0.15) is 0 Å². The second-order valence-electron chi connectivity index (χ2n) is 4.80. The molecule has 0 heterocycles. The number of carbonyl (C=O) groups is 1. The highest BCUT2D eigenvalue weighted by atomic mass is 32.2. The third-order valence-corrected chi connectivity index (χ3v) is 4.35. The van der Waals surface area contributed by atoms with Crippen LogP contribution in [0.15, 0.2) is 48.5 Å². The molecule has 1 atom stereocenters. The SMILES string of the molecule is COc1ccc(NC(=O)C(C)SCc2ccc(F)cc2)cc1. The molecule has 0 saturated heterocycles. The smallest absolute Gasteiger partial charge is 0.237 e. The van der Waals surface area contributed by atoms with Crippen LogP contribution in [0, 0.1) is 5.82 Å². The summed E-state index contributed by atoms with van der Waals surface area (Å²) in [6.45, 7) is 1.85. The van der Waals surface area contributed by atoms with E-state index in [0.717, 1.165) is 17.0 Å². The van der Waals surface area contributed by atoms with Gasteiger partial charge < -0.3 is 10.1 Å². The summed E-state index contributed by atoms with van der Waals surface area (Å²) in [5.74, 6) is 1.10. The van der Waals surface area contributed by atoms with Gasteiger partial charge in [0.2, 0.25) is 5.91 Å². The summed E-state index contributed by atoms with van der Waals surface area (Å²) in [5, 5.41) is 2.66. The van der Waals surface area contributed by atoms with E-state index in [2.05, 4.69) is 5.32 Å². The zero-order valence-electron chi connectivity index (χ0n) is 12.5. The lowest BCUT2D eigenvalue weighted by molar-refractivity contribution is -0.115. The van der Waals surface area contributed by atoms with Crippen LogP contribution in [-0.4, -0.2) is 18.3 Å². The predicted octanol–water partition coefficient (Wildman–Crippen LogP) is 4.09. The molecule has 0 aliphatic carbocycles. The normalized spacial score (nSPS) is 11.8. The third-order valence-electron chi connectivity index (χ3n) is 3.14. The van der Waals surface area contributed by atoms with Crippen molar-refractivity contribution in [3.8, 4) is 5.75 Å². The highest BCUT2D eigenvalue weighted by Gasteiger charge is 2.13. The van der Waals surface area contributed by atoms with Crippen LogP contribution in [0.2, 0.25) is 0 Å². The molecule has 2 rings (SSSR count). The number of amides is 1. The van der Waals surface area contributed by atoms with Crippen LogP contribution in [0.25, 0.3) is 0 Å². The zero-order valence-corrected chi connectivity index (χ0v) is 13.3. The maximum Gasteiger partial charge on any atom is 0.237 e. The molecule has 2 aromatic carbocycles. The molecule has 1 unspecified atom stereocenters.